The highest BCUT2D eigenvalue weighted by Crippen LogP contribution is 2.28. The quantitative estimate of drug-likeness (QED) is 0.435. The molecule has 0 radical (unpaired) electrons. The summed E-state index contributed by atoms with van der Waals surface area (Å²) in [4.78, 5) is 15.0. The molecule has 0 saturated heterocycles. The Morgan fingerprint density at radius 3 is 2.30 bits per heavy atom. The van der Waals surface area contributed by atoms with E-state index in [1.165, 1.54) is 0 Å². The van der Waals surface area contributed by atoms with E-state index in [0.717, 1.165) is 11.1 Å². The Morgan fingerprint density at radius 1 is 0.900 bits per heavy atom. The predicted octanol–water partition coefficient (Wildman–Crippen LogP) is 5.90. The third-order valence-corrected chi connectivity index (χ3v) is 5.38. The second-order valence-corrected chi connectivity index (χ2v) is 7.61. The molecule has 3 aromatic rings. The van der Waals surface area contributed by atoms with Gasteiger partial charge in [0, 0.05) is 28.7 Å². The van der Waals surface area contributed by atoms with Gasteiger partial charge in [0.2, 0.25) is 0 Å². The first kappa shape index (κ1) is 22.0. The molecule has 0 bridgehead atoms. The minimum atomic E-state index is -0.0459. The second-order valence-electron chi connectivity index (χ2n) is 6.77. The van der Waals surface area contributed by atoms with Crippen molar-refractivity contribution in [2.75, 3.05) is 20.8 Å². The van der Waals surface area contributed by atoms with Crippen LogP contribution in [0.3, 0.4) is 0 Å². The molecular weight excluding hydrogens is 421 g/mol. The lowest BCUT2D eigenvalue weighted by molar-refractivity contribution is 0.0745. The first-order valence-corrected chi connectivity index (χ1v) is 10.3. The molecule has 4 nitrogen and oxygen atoms in total. The summed E-state index contributed by atoms with van der Waals surface area (Å²) in [5, 5.41) is 1.19. The zero-order chi connectivity index (χ0) is 21.5. The fraction of sp³-hybridized carbons (Fsp3) is 0.208. The van der Waals surface area contributed by atoms with Crippen molar-refractivity contribution in [2.24, 2.45) is 0 Å². The van der Waals surface area contributed by atoms with Crippen molar-refractivity contribution in [3.8, 4) is 11.5 Å². The van der Waals surface area contributed by atoms with Gasteiger partial charge in [-0.1, -0.05) is 53.5 Å². The zero-order valence-electron chi connectivity index (χ0n) is 16.9. The number of benzene rings is 3. The standard InChI is InChI=1S/C24H23Cl2NO3/c1-29-22-11-8-17(14-23(22)30-2)16-27(24(28)19-6-4-3-5-7-19)13-12-18-9-10-20(25)15-21(18)26/h3-11,14-15H,12-13,16H2,1-2H3. The van der Waals surface area contributed by atoms with Crippen LogP contribution in [0, 0.1) is 0 Å². The highest BCUT2D eigenvalue weighted by atomic mass is 35.5. The van der Waals surface area contributed by atoms with Gasteiger partial charge in [0.1, 0.15) is 0 Å². The number of rotatable bonds is 8. The highest BCUT2D eigenvalue weighted by molar-refractivity contribution is 6.35. The van der Waals surface area contributed by atoms with Crippen LogP contribution >= 0.6 is 23.2 Å². The average Bonchev–Trinajstić information content (AvgIpc) is 2.77. The fourth-order valence-corrected chi connectivity index (χ4v) is 3.70. The summed E-state index contributed by atoms with van der Waals surface area (Å²) in [6.45, 7) is 0.933. The van der Waals surface area contributed by atoms with Crippen LogP contribution in [0.4, 0.5) is 0 Å². The van der Waals surface area contributed by atoms with E-state index in [0.29, 0.717) is 46.6 Å². The molecule has 0 aliphatic carbocycles. The molecule has 3 rings (SSSR count). The SMILES string of the molecule is COc1ccc(CN(CCc2ccc(Cl)cc2Cl)C(=O)c2ccccc2)cc1OC. The maximum atomic E-state index is 13.2. The minimum absolute atomic E-state index is 0.0459. The Labute approximate surface area is 186 Å². The Hall–Kier alpha value is -2.69. The topological polar surface area (TPSA) is 38.8 Å². The third kappa shape index (κ3) is 5.47. The molecule has 1 amide bonds. The number of nitrogens with zero attached hydrogens (tertiary/aromatic N) is 1. The van der Waals surface area contributed by atoms with E-state index in [4.69, 9.17) is 32.7 Å². The molecule has 0 fully saturated rings. The summed E-state index contributed by atoms with van der Waals surface area (Å²) in [6.07, 6.45) is 0.613. The van der Waals surface area contributed by atoms with E-state index >= 15 is 0 Å². The van der Waals surface area contributed by atoms with Crippen molar-refractivity contribution in [3.05, 3.63) is 93.5 Å². The van der Waals surface area contributed by atoms with Crippen LogP contribution in [0.2, 0.25) is 10.0 Å². The van der Waals surface area contributed by atoms with E-state index in [1.807, 2.05) is 59.5 Å². The molecule has 0 unspecified atom stereocenters. The van der Waals surface area contributed by atoms with E-state index in [2.05, 4.69) is 0 Å². The second kappa shape index (κ2) is 10.4. The first-order valence-electron chi connectivity index (χ1n) is 9.51. The molecule has 0 heterocycles. The zero-order valence-corrected chi connectivity index (χ0v) is 18.4. The van der Waals surface area contributed by atoms with Crippen LogP contribution < -0.4 is 9.47 Å². The molecule has 0 spiro atoms. The predicted molar refractivity (Wildman–Crippen MR) is 121 cm³/mol. The Morgan fingerprint density at radius 2 is 1.63 bits per heavy atom. The number of carbonyl (C=O) groups excluding carboxylic acids is 1. The molecule has 0 N–H and O–H groups in total. The third-order valence-electron chi connectivity index (χ3n) is 4.80. The monoisotopic (exact) mass is 443 g/mol. The van der Waals surface area contributed by atoms with Gasteiger partial charge in [0.25, 0.3) is 5.91 Å². The molecule has 0 aliphatic rings. The fourth-order valence-electron chi connectivity index (χ4n) is 3.19. The summed E-state index contributed by atoms with van der Waals surface area (Å²) in [7, 11) is 3.19. The lowest BCUT2D eigenvalue weighted by Crippen LogP contribution is -2.32. The molecule has 0 aliphatic heterocycles. The number of carbonyl (C=O) groups is 1. The summed E-state index contributed by atoms with van der Waals surface area (Å²) >= 11 is 12.3. The van der Waals surface area contributed by atoms with Gasteiger partial charge in [-0.2, -0.15) is 0 Å². The smallest absolute Gasteiger partial charge is 0.254 e. The lowest BCUT2D eigenvalue weighted by atomic mass is 10.1. The van der Waals surface area contributed by atoms with Crippen molar-refractivity contribution in [1.82, 2.24) is 4.90 Å². The van der Waals surface area contributed by atoms with Crippen LogP contribution in [-0.4, -0.2) is 31.6 Å². The number of ether oxygens (including phenoxy) is 2. The summed E-state index contributed by atoms with van der Waals surface area (Å²) in [6, 6.07) is 20.3. The molecule has 156 valence electrons. The number of methoxy groups -OCH3 is 2. The number of hydrogen-bond donors (Lipinski definition) is 0. The van der Waals surface area contributed by atoms with E-state index in [9.17, 15) is 4.79 Å². The van der Waals surface area contributed by atoms with Crippen LogP contribution in [-0.2, 0) is 13.0 Å². The van der Waals surface area contributed by atoms with Crippen molar-refractivity contribution < 1.29 is 14.3 Å². The van der Waals surface area contributed by atoms with E-state index in [1.54, 1.807) is 26.4 Å². The number of hydrogen-bond acceptors (Lipinski definition) is 3. The average molecular weight is 444 g/mol. The molecule has 3 aromatic carbocycles. The normalized spacial score (nSPS) is 10.5. The van der Waals surface area contributed by atoms with Gasteiger partial charge in [-0.05, 0) is 53.9 Å². The number of halogens is 2. The lowest BCUT2D eigenvalue weighted by Gasteiger charge is -2.24. The largest absolute Gasteiger partial charge is 0.493 e. The molecule has 0 aromatic heterocycles. The maximum absolute atomic E-state index is 13.2. The molecule has 0 atom stereocenters. The van der Waals surface area contributed by atoms with Gasteiger partial charge in [-0.15, -0.1) is 0 Å². The van der Waals surface area contributed by atoms with Gasteiger partial charge in [-0.25, -0.2) is 0 Å². The Kier molecular flexibility index (Phi) is 7.61. The highest BCUT2D eigenvalue weighted by Gasteiger charge is 2.18. The van der Waals surface area contributed by atoms with Crippen molar-refractivity contribution >= 4 is 29.1 Å². The van der Waals surface area contributed by atoms with Gasteiger partial charge in [0.15, 0.2) is 11.5 Å². The van der Waals surface area contributed by atoms with E-state index in [-0.39, 0.29) is 5.91 Å². The van der Waals surface area contributed by atoms with Gasteiger partial charge >= 0.3 is 0 Å². The number of amides is 1. The summed E-state index contributed by atoms with van der Waals surface area (Å²) in [5.74, 6) is 1.23. The van der Waals surface area contributed by atoms with Gasteiger partial charge in [-0.3, -0.25) is 4.79 Å². The van der Waals surface area contributed by atoms with Crippen molar-refractivity contribution in [3.63, 3.8) is 0 Å². The van der Waals surface area contributed by atoms with Gasteiger partial charge in [0.05, 0.1) is 14.2 Å². The Bertz CT molecular complexity index is 1010. The maximum Gasteiger partial charge on any atom is 0.254 e. The summed E-state index contributed by atoms with van der Waals surface area (Å²) in [5.41, 5.74) is 2.53. The van der Waals surface area contributed by atoms with Crippen LogP contribution in [0.5, 0.6) is 11.5 Å². The van der Waals surface area contributed by atoms with Crippen molar-refractivity contribution in [1.29, 1.82) is 0 Å². The summed E-state index contributed by atoms with van der Waals surface area (Å²) < 4.78 is 10.7. The van der Waals surface area contributed by atoms with Crippen molar-refractivity contribution in [2.45, 2.75) is 13.0 Å². The van der Waals surface area contributed by atoms with Crippen LogP contribution in [0.25, 0.3) is 0 Å². The molecule has 6 heteroatoms. The van der Waals surface area contributed by atoms with Gasteiger partial charge < -0.3 is 14.4 Å². The van der Waals surface area contributed by atoms with Crippen LogP contribution in [0.1, 0.15) is 21.5 Å². The van der Waals surface area contributed by atoms with Crippen LogP contribution in [0.15, 0.2) is 66.7 Å². The first-order chi connectivity index (χ1) is 14.5. The molecule has 0 saturated carbocycles. The van der Waals surface area contributed by atoms with E-state index < -0.39 is 0 Å². The molecule has 30 heavy (non-hydrogen) atoms. The minimum Gasteiger partial charge on any atom is -0.493 e. The molecular formula is C24H23Cl2NO3. The Balaban J connectivity index is 1.84.